The molecule has 0 fully saturated rings. The fraction of sp³-hybridized carbons (Fsp3) is 0. The predicted octanol–water partition coefficient (Wildman–Crippen LogP) is 2.89. The Morgan fingerprint density at radius 1 is 1.24 bits per heavy atom. The lowest BCUT2D eigenvalue weighted by atomic mass is 10.3. The van der Waals surface area contributed by atoms with Gasteiger partial charge in [-0.3, -0.25) is 0 Å². The Bertz CT molecular complexity index is 516. The maximum absolute atomic E-state index is 13.3. The molecule has 0 saturated carbocycles. The van der Waals surface area contributed by atoms with Gasteiger partial charge in [-0.15, -0.1) is 0 Å². The summed E-state index contributed by atoms with van der Waals surface area (Å²) in [5.74, 6) is -2.19. The maximum atomic E-state index is 13.3. The van der Waals surface area contributed by atoms with Crippen LogP contribution in [-0.2, 0) is 0 Å². The van der Waals surface area contributed by atoms with Crippen LogP contribution in [0.3, 0.4) is 0 Å². The van der Waals surface area contributed by atoms with Gasteiger partial charge in [0.05, 0.1) is 6.20 Å². The first kappa shape index (κ1) is 11.7. The molecule has 0 bridgehead atoms. The zero-order valence-corrected chi connectivity index (χ0v) is 9.91. The van der Waals surface area contributed by atoms with Gasteiger partial charge in [0.25, 0.3) is 5.88 Å². The highest BCUT2D eigenvalue weighted by Gasteiger charge is 2.11. The third-order valence-electron chi connectivity index (χ3n) is 1.83. The summed E-state index contributed by atoms with van der Waals surface area (Å²) in [6.07, 6.45) is 0.855. The van der Waals surface area contributed by atoms with Crippen molar-refractivity contribution in [3.05, 3.63) is 40.5 Å². The molecule has 88 valence electrons. The molecular weight excluding hydrogens is 296 g/mol. The molecule has 0 radical (unpaired) electrons. The number of nitrogen functional groups attached to an aromatic ring is 1. The molecule has 0 spiro atoms. The molecular formula is C10H6BrF2N3O. The summed E-state index contributed by atoms with van der Waals surface area (Å²) in [6.45, 7) is 0. The van der Waals surface area contributed by atoms with Gasteiger partial charge >= 0.3 is 0 Å². The van der Waals surface area contributed by atoms with Crippen molar-refractivity contribution in [3.8, 4) is 11.6 Å². The molecule has 4 nitrogen and oxygen atoms in total. The molecule has 7 heteroatoms. The van der Waals surface area contributed by atoms with E-state index in [-0.39, 0.29) is 11.7 Å². The number of aromatic nitrogens is 2. The minimum atomic E-state index is -0.821. The van der Waals surface area contributed by atoms with E-state index in [4.69, 9.17) is 10.5 Å². The molecule has 0 atom stereocenters. The lowest BCUT2D eigenvalue weighted by Gasteiger charge is -2.07. The summed E-state index contributed by atoms with van der Waals surface area (Å²) in [4.78, 5) is 6.96. The Labute approximate surface area is 104 Å². The van der Waals surface area contributed by atoms with Crippen molar-refractivity contribution in [2.24, 2.45) is 0 Å². The summed E-state index contributed by atoms with van der Waals surface area (Å²) in [5, 5.41) is 0. The van der Waals surface area contributed by atoms with E-state index < -0.39 is 17.5 Å². The number of ether oxygens (including phenoxy) is 1. The van der Waals surface area contributed by atoms with Gasteiger partial charge in [0.1, 0.15) is 0 Å². The summed E-state index contributed by atoms with van der Waals surface area (Å²) >= 11 is 3.14. The lowest BCUT2D eigenvalue weighted by Crippen LogP contribution is -2.00. The Morgan fingerprint density at radius 3 is 2.76 bits per heavy atom. The molecule has 0 aliphatic carbocycles. The van der Waals surface area contributed by atoms with Crippen LogP contribution in [0.5, 0.6) is 11.6 Å². The first-order valence-electron chi connectivity index (χ1n) is 4.47. The number of nitrogens with zero attached hydrogens (tertiary/aromatic N) is 2. The molecule has 17 heavy (non-hydrogen) atoms. The molecule has 0 amide bonds. The van der Waals surface area contributed by atoms with Gasteiger partial charge in [-0.05, 0) is 18.2 Å². The monoisotopic (exact) mass is 301 g/mol. The topological polar surface area (TPSA) is 61.0 Å². The SMILES string of the molecule is Nc1ncc(F)c(Oc2cc(Br)ccc2F)n1. The highest BCUT2D eigenvalue weighted by Crippen LogP contribution is 2.27. The van der Waals surface area contributed by atoms with Crippen molar-refractivity contribution in [3.63, 3.8) is 0 Å². The zero-order chi connectivity index (χ0) is 12.4. The number of anilines is 1. The largest absolute Gasteiger partial charge is 0.433 e. The van der Waals surface area contributed by atoms with E-state index in [1.54, 1.807) is 0 Å². The van der Waals surface area contributed by atoms with E-state index in [9.17, 15) is 8.78 Å². The molecule has 0 aliphatic heterocycles. The van der Waals surface area contributed by atoms with Gasteiger partial charge in [0, 0.05) is 4.47 Å². The van der Waals surface area contributed by atoms with Gasteiger partial charge < -0.3 is 10.5 Å². The van der Waals surface area contributed by atoms with Gasteiger partial charge in [-0.25, -0.2) is 9.37 Å². The maximum Gasteiger partial charge on any atom is 0.260 e. The van der Waals surface area contributed by atoms with Crippen LogP contribution < -0.4 is 10.5 Å². The standard InChI is InChI=1S/C10H6BrF2N3O/c11-5-1-2-6(12)8(3-5)17-9-7(13)4-15-10(14)16-9/h1-4H,(H2,14,15,16). The molecule has 2 aromatic rings. The fourth-order valence-corrected chi connectivity index (χ4v) is 1.44. The van der Waals surface area contributed by atoms with Crippen molar-refractivity contribution < 1.29 is 13.5 Å². The molecule has 1 heterocycles. The molecule has 1 aromatic carbocycles. The van der Waals surface area contributed by atoms with E-state index in [1.807, 2.05) is 0 Å². The second kappa shape index (κ2) is 4.62. The molecule has 0 saturated heterocycles. The minimum absolute atomic E-state index is 0.156. The number of halogens is 3. The van der Waals surface area contributed by atoms with Crippen LogP contribution in [0.25, 0.3) is 0 Å². The number of hydrogen-bond acceptors (Lipinski definition) is 4. The van der Waals surface area contributed by atoms with Crippen molar-refractivity contribution in [1.29, 1.82) is 0 Å². The van der Waals surface area contributed by atoms with Crippen LogP contribution in [0, 0.1) is 11.6 Å². The van der Waals surface area contributed by atoms with Crippen LogP contribution >= 0.6 is 15.9 Å². The Hall–Kier alpha value is -1.76. The van der Waals surface area contributed by atoms with Crippen LogP contribution in [0.2, 0.25) is 0 Å². The first-order valence-corrected chi connectivity index (χ1v) is 5.26. The minimum Gasteiger partial charge on any atom is -0.433 e. The first-order chi connectivity index (χ1) is 8.06. The molecule has 2 rings (SSSR count). The Morgan fingerprint density at radius 2 is 2.00 bits per heavy atom. The van der Waals surface area contributed by atoms with Gasteiger partial charge in [0.15, 0.2) is 11.6 Å². The Balaban J connectivity index is 2.37. The lowest BCUT2D eigenvalue weighted by molar-refractivity contribution is 0.397. The van der Waals surface area contributed by atoms with Gasteiger partial charge in [0.2, 0.25) is 11.8 Å². The normalized spacial score (nSPS) is 10.3. The fourth-order valence-electron chi connectivity index (χ4n) is 1.10. The number of nitrogens with two attached hydrogens (primary N) is 1. The van der Waals surface area contributed by atoms with Crippen molar-refractivity contribution in [2.75, 3.05) is 5.73 Å². The third-order valence-corrected chi connectivity index (χ3v) is 2.32. The molecule has 0 unspecified atom stereocenters. The third kappa shape index (κ3) is 2.68. The van der Waals surface area contributed by atoms with Crippen LogP contribution in [0.15, 0.2) is 28.9 Å². The molecule has 2 N–H and O–H groups in total. The van der Waals surface area contributed by atoms with E-state index in [1.165, 1.54) is 18.2 Å². The van der Waals surface area contributed by atoms with Gasteiger partial charge in [-0.1, -0.05) is 15.9 Å². The van der Waals surface area contributed by atoms with Gasteiger partial charge in [-0.2, -0.15) is 9.37 Å². The summed E-state index contributed by atoms with van der Waals surface area (Å²) in [7, 11) is 0. The van der Waals surface area contributed by atoms with Crippen LogP contribution in [0.1, 0.15) is 0 Å². The van der Waals surface area contributed by atoms with Crippen LogP contribution in [0.4, 0.5) is 14.7 Å². The number of rotatable bonds is 2. The second-order valence-electron chi connectivity index (χ2n) is 3.06. The van der Waals surface area contributed by atoms with Crippen LogP contribution in [-0.4, -0.2) is 9.97 Å². The van der Waals surface area contributed by atoms with Crippen molar-refractivity contribution >= 4 is 21.9 Å². The Kier molecular flexibility index (Phi) is 3.19. The average molecular weight is 302 g/mol. The average Bonchev–Trinajstić information content (AvgIpc) is 2.28. The highest BCUT2D eigenvalue weighted by atomic mass is 79.9. The highest BCUT2D eigenvalue weighted by molar-refractivity contribution is 9.10. The quantitative estimate of drug-likeness (QED) is 0.926. The zero-order valence-electron chi connectivity index (χ0n) is 8.32. The predicted molar refractivity (Wildman–Crippen MR) is 60.6 cm³/mol. The van der Waals surface area contributed by atoms with E-state index in [0.29, 0.717) is 4.47 Å². The number of hydrogen-bond donors (Lipinski definition) is 1. The molecule has 0 aliphatic rings. The van der Waals surface area contributed by atoms with Crippen molar-refractivity contribution in [1.82, 2.24) is 9.97 Å². The second-order valence-corrected chi connectivity index (χ2v) is 3.97. The summed E-state index contributed by atoms with van der Waals surface area (Å²) in [5.41, 5.74) is 5.28. The summed E-state index contributed by atoms with van der Waals surface area (Å²) < 4.78 is 32.2. The van der Waals surface area contributed by atoms with E-state index >= 15 is 0 Å². The summed E-state index contributed by atoms with van der Waals surface area (Å²) in [6, 6.07) is 4.03. The smallest absolute Gasteiger partial charge is 0.260 e. The van der Waals surface area contributed by atoms with E-state index in [2.05, 4.69) is 25.9 Å². The van der Waals surface area contributed by atoms with Crippen molar-refractivity contribution in [2.45, 2.75) is 0 Å². The molecule has 1 aromatic heterocycles. The van der Waals surface area contributed by atoms with E-state index in [0.717, 1.165) is 6.20 Å². The number of benzene rings is 1.